The fraction of sp³-hybridized carbons (Fsp3) is 0.609. The van der Waals surface area contributed by atoms with E-state index in [-0.39, 0.29) is 0 Å². The molecule has 0 N–H and O–H groups in total. The van der Waals surface area contributed by atoms with E-state index in [1.807, 2.05) is 37.2 Å². The predicted octanol–water partition coefficient (Wildman–Crippen LogP) is 5.60. The molecule has 0 unspecified atom stereocenters. The molecule has 0 radical (unpaired) electrons. The van der Waals surface area contributed by atoms with Crippen LogP contribution in [0.25, 0.3) is 0 Å². The molecule has 4 nitrogen and oxygen atoms in total. The van der Waals surface area contributed by atoms with Crippen molar-refractivity contribution in [1.29, 1.82) is 0 Å². The van der Waals surface area contributed by atoms with Crippen molar-refractivity contribution in [3.63, 3.8) is 0 Å². The van der Waals surface area contributed by atoms with Crippen LogP contribution in [-0.4, -0.2) is 34.1 Å². The molecule has 1 saturated carbocycles. The molecule has 0 bridgehead atoms. The molecule has 2 aromatic rings. The lowest BCUT2D eigenvalue weighted by Crippen LogP contribution is -2.32. The number of hydrogen-bond donors (Lipinski definition) is 0. The lowest BCUT2D eigenvalue weighted by molar-refractivity contribution is -0.141. The number of nitrogens with zero attached hydrogens (tertiary/aromatic N) is 4. The fourth-order valence-corrected chi connectivity index (χ4v) is 4.78. The van der Waals surface area contributed by atoms with E-state index < -0.39 is 11.9 Å². The Morgan fingerprint density at radius 1 is 1.10 bits per heavy atom. The third-order valence-electron chi connectivity index (χ3n) is 6.26. The average molecular weight is 421 g/mol. The van der Waals surface area contributed by atoms with Gasteiger partial charge >= 0.3 is 6.18 Å². The number of alkyl halides is 3. The van der Waals surface area contributed by atoms with Crippen molar-refractivity contribution >= 4 is 11.6 Å². The highest BCUT2D eigenvalue weighted by molar-refractivity contribution is 5.68. The summed E-state index contributed by atoms with van der Waals surface area (Å²) in [6.45, 7) is 11.3. The van der Waals surface area contributed by atoms with E-state index in [1.54, 1.807) is 0 Å². The van der Waals surface area contributed by atoms with E-state index in [1.165, 1.54) is 12.8 Å². The Morgan fingerprint density at radius 2 is 1.77 bits per heavy atom. The Bertz CT molecular complexity index is 904. The van der Waals surface area contributed by atoms with Crippen molar-refractivity contribution in [2.75, 3.05) is 24.5 Å². The van der Waals surface area contributed by atoms with Crippen LogP contribution >= 0.6 is 0 Å². The number of fused-ring (bicyclic) bond motifs is 1. The van der Waals surface area contributed by atoms with E-state index in [0.29, 0.717) is 37.2 Å². The van der Waals surface area contributed by atoms with Crippen molar-refractivity contribution in [2.24, 2.45) is 5.92 Å². The van der Waals surface area contributed by atoms with Gasteiger partial charge in [-0.25, -0.2) is 4.98 Å². The van der Waals surface area contributed by atoms with Gasteiger partial charge in [0, 0.05) is 31.9 Å². The van der Waals surface area contributed by atoms with E-state index in [0.717, 1.165) is 41.9 Å². The van der Waals surface area contributed by atoms with E-state index in [9.17, 15) is 13.2 Å². The maximum absolute atomic E-state index is 14.0. The molecular formula is C23H31F3N4. The molecule has 2 heterocycles. The summed E-state index contributed by atoms with van der Waals surface area (Å²) in [6.07, 6.45) is -1.28. The van der Waals surface area contributed by atoms with E-state index >= 15 is 0 Å². The molecule has 0 saturated heterocycles. The Morgan fingerprint density at radius 3 is 2.33 bits per heavy atom. The number of aromatic nitrogens is 2. The molecular weight excluding hydrogens is 389 g/mol. The zero-order valence-electron chi connectivity index (χ0n) is 18.3. The van der Waals surface area contributed by atoms with Gasteiger partial charge in [-0.05, 0) is 63.6 Å². The van der Waals surface area contributed by atoms with Crippen LogP contribution in [0.1, 0.15) is 54.3 Å². The normalized spacial score (nSPS) is 17.0. The number of rotatable bonds is 6. The van der Waals surface area contributed by atoms with Gasteiger partial charge in [0.1, 0.15) is 0 Å². The highest BCUT2D eigenvalue weighted by Gasteiger charge is 2.41. The highest BCUT2D eigenvalue weighted by atomic mass is 19.4. The largest absolute Gasteiger partial charge is 0.435 e. The number of imidazole rings is 1. The highest BCUT2D eigenvalue weighted by Crippen LogP contribution is 2.40. The molecule has 7 heteroatoms. The third kappa shape index (κ3) is 4.09. The van der Waals surface area contributed by atoms with Crippen molar-refractivity contribution < 1.29 is 13.2 Å². The number of hydrogen-bond acceptors (Lipinski definition) is 3. The smallest absolute Gasteiger partial charge is 0.312 e. The molecule has 1 aliphatic carbocycles. The zero-order valence-corrected chi connectivity index (χ0v) is 18.3. The topological polar surface area (TPSA) is 24.3 Å². The maximum atomic E-state index is 14.0. The Labute approximate surface area is 176 Å². The minimum Gasteiger partial charge on any atom is -0.312 e. The van der Waals surface area contributed by atoms with Gasteiger partial charge in [0.25, 0.3) is 0 Å². The van der Waals surface area contributed by atoms with E-state index in [2.05, 4.69) is 22.0 Å². The molecule has 164 valence electrons. The third-order valence-corrected chi connectivity index (χ3v) is 6.26. The van der Waals surface area contributed by atoms with Gasteiger partial charge in [0.05, 0.1) is 5.69 Å². The van der Waals surface area contributed by atoms with Gasteiger partial charge in [0.2, 0.25) is 5.95 Å². The van der Waals surface area contributed by atoms with Gasteiger partial charge in [-0.2, -0.15) is 13.2 Å². The lowest BCUT2D eigenvalue weighted by Gasteiger charge is -2.32. The number of halogens is 3. The van der Waals surface area contributed by atoms with Gasteiger partial charge in [-0.3, -0.25) is 4.90 Å². The van der Waals surface area contributed by atoms with Crippen LogP contribution in [0.2, 0.25) is 0 Å². The summed E-state index contributed by atoms with van der Waals surface area (Å²) in [4.78, 5) is 8.33. The molecule has 0 amide bonds. The molecule has 1 aromatic heterocycles. The van der Waals surface area contributed by atoms with Crippen LogP contribution in [0.15, 0.2) is 12.1 Å². The monoisotopic (exact) mass is 420 g/mol. The van der Waals surface area contributed by atoms with Crippen molar-refractivity contribution in [2.45, 2.75) is 66.2 Å². The summed E-state index contributed by atoms with van der Waals surface area (Å²) >= 11 is 0. The number of anilines is 2. The summed E-state index contributed by atoms with van der Waals surface area (Å²) in [7, 11) is 0. The Kier molecular flexibility index (Phi) is 5.60. The Balaban J connectivity index is 1.78. The van der Waals surface area contributed by atoms with Crippen LogP contribution in [0.3, 0.4) is 0 Å². The minimum absolute atomic E-state index is 0.300. The Hall–Kier alpha value is -2.02. The van der Waals surface area contributed by atoms with Gasteiger partial charge in [-0.15, -0.1) is 0 Å². The molecule has 1 fully saturated rings. The quantitative estimate of drug-likeness (QED) is 0.608. The van der Waals surface area contributed by atoms with Crippen LogP contribution in [0.4, 0.5) is 24.8 Å². The van der Waals surface area contributed by atoms with Crippen LogP contribution in [0, 0.1) is 26.7 Å². The standard InChI is InChI=1S/C23H31F3N4/c1-5-28(13-18-7-8-18)14-19-21(23(24,25)26)27-22-29(19)9-6-10-30(22)20-16(3)11-15(2)12-17(20)4/h11-12,18H,5-10,13-14H2,1-4H3. The van der Waals surface area contributed by atoms with Crippen molar-refractivity contribution in [3.8, 4) is 0 Å². The predicted molar refractivity (Wildman–Crippen MR) is 113 cm³/mol. The zero-order chi connectivity index (χ0) is 21.6. The second-order valence-corrected chi connectivity index (χ2v) is 8.88. The molecule has 30 heavy (non-hydrogen) atoms. The van der Waals surface area contributed by atoms with Crippen LogP contribution in [0.5, 0.6) is 0 Å². The van der Waals surface area contributed by atoms with Gasteiger partial charge in [-0.1, -0.05) is 24.6 Å². The first-order chi connectivity index (χ1) is 14.2. The van der Waals surface area contributed by atoms with E-state index in [4.69, 9.17) is 0 Å². The first-order valence-electron chi connectivity index (χ1n) is 10.9. The van der Waals surface area contributed by atoms with Crippen molar-refractivity contribution in [3.05, 3.63) is 40.2 Å². The molecule has 1 aliphatic heterocycles. The van der Waals surface area contributed by atoms with Gasteiger partial charge in [0.15, 0.2) is 5.69 Å². The summed E-state index contributed by atoms with van der Waals surface area (Å²) in [5.74, 6) is 1.07. The second kappa shape index (κ2) is 7.91. The molecule has 0 spiro atoms. The summed E-state index contributed by atoms with van der Waals surface area (Å²) in [5, 5.41) is 0. The molecule has 0 atom stereocenters. The van der Waals surface area contributed by atoms with Crippen molar-refractivity contribution in [1.82, 2.24) is 14.5 Å². The first kappa shape index (κ1) is 21.2. The SMILES string of the molecule is CCN(Cc1c(C(F)(F)F)nc2n1CCCN2c1c(C)cc(C)cc1C)CC1CC1. The van der Waals surface area contributed by atoms with Crippen LogP contribution < -0.4 is 4.90 Å². The maximum Gasteiger partial charge on any atom is 0.435 e. The first-order valence-corrected chi connectivity index (χ1v) is 10.9. The molecule has 1 aromatic carbocycles. The lowest BCUT2D eigenvalue weighted by atomic mass is 10.0. The van der Waals surface area contributed by atoms with Gasteiger partial charge < -0.3 is 9.47 Å². The number of benzene rings is 1. The molecule has 4 rings (SSSR count). The van der Waals surface area contributed by atoms with Crippen LogP contribution in [-0.2, 0) is 19.3 Å². The minimum atomic E-state index is -4.46. The average Bonchev–Trinajstić information content (AvgIpc) is 3.38. The summed E-state index contributed by atoms with van der Waals surface area (Å²) in [6, 6.07) is 4.18. The fourth-order valence-electron chi connectivity index (χ4n) is 4.78. The summed E-state index contributed by atoms with van der Waals surface area (Å²) in [5.41, 5.74) is 3.88. The number of aryl methyl sites for hydroxylation is 3. The molecule has 2 aliphatic rings. The summed E-state index contributed by atoms with van der Waals surface area (Å²) < 4.78 is 43.8. The second-order valence-electron chi connectivity index (χ2n) is 8.88.